The van der Waals surface area contributed by atoms with E-state index in [4.69, 9.17) is 0 Å². The molecule has 2 aromatic rings. The first-order chi connectivity index (χ1) is 10.2. The molecule has 0 radical (unpaired) electrons. The van der Waals surface area contributed by atoms with E-state index in [9.17, 15) is 9.59 Å². The minimum absolute atomic E-state index is 0.0753. The van der Waals surface area contributed by atoms with Gasteiger partial charge in [-0.2, -0.15) is 0 Å². The fourth-order valence-electron chi connectivity index (χ4n) is 2.03. The fourth-order valence-corrected chi connectivity index (χ4v) is 2.03. The number of benzene rings is 2. The molecule has 0 heterocycles. The van der Waals surface area contributed by atoms with Crippen LogP contribution in [0.5, 0.6) is 0 Å². The lowest BCUT2D eigenvalue weighted by Crippen LogP contribution is -2.31. The number of nitrogens with zero attached hydrogens (tertiary/aromatic N) is 1. The Morgan fingerprint density at radius 3 is 2.10 bits per heavy atom. The SMILES string of the molecule is CC(=O)N(CCC(=O)Nc1ccccc1)c1ccccc1. The third-order valence-electron chi connectivity index (χ3n) is 3.07. The summed E-state index contributed by atoms with van der Waals surface area (Å²) in [5.41, 5.74) is 1.56. The first-order valence-electron chi connectivity index (χ1n) is 6.85. The van der Waals surface area contributed by atoms with E-state index in [2.05, 4.69) is 5.32 Å². The van der Waals surface area contributed by atoms with Gasteiger partial charge in [-0.15, -0.1) is 0 Å². The van der Waals surface area contributed by atoms with Gasteiger partial charge in [-0.05, 0) is 24.3 Å². The van der Waals surface area contributed by atoms with E-state index < -0.39 is 0 Å². The number of carbonyl (C=O) groups excluding carboxylic acids is 2. The summed E-state index contributed by atoms with van der Waals surface area (Å²) in [5, 5.41) is 2.81. The van der Waals surface area contributed by atoms with Crippen molar-refractivity contribution in [3.63, 3.8) is 0 Å². The largest absolute Gasteiger partial charge is 0.326 e. The Morgan fingerprint density at radius 1 is 0.952 bits per heavy atom. The first kappa shape index (κ1) is 14.8. The van der Waals surface area contributed by atoms with Crippen LogP contribution in [-0.2, 0) is 9.59 Å². The fraction of sp³-hybridized carbons (Fsp3) is 0.176. The molecule has 1 N–H and O–H groups in total. The molecule has 0 spiro atoms. The molecule has 0 saturated heterocycles. The van der Waals surface area contributed by atoms with Crippen molar-refractivity contribution in [2.75, 3.05) is 16.8 Å². The second-order valence-electron chi connectivity index (χ2n) is 4.67. The summed E-state index contributed by atoms with van der Waals surface area (Å²) in [7, 11) is 0. The van der Waals surface area contributed by atoms with E-state index in [0.29, 0.717) is 6.54 Å². The van der Waals surface area contributed by atoms with Gasteiger partial charge in [-0.1, -0.05) is 36.4 Å². The highest BCUT2D eigenvalue weighted by atomic mass is 16.2. The zero-order valence-electron chi connectivity index (χ0n) is 12.0. The summed E-state index contributed by atoms with van der Waals surface area (Å²) in [6, 6.07) is 18.6. The summed E-state index contributed by atoms with van der Waals surface area (Å²) in [4.78, 5) is 25.2. The second-order valence-corrected chi connectivity index (χ2v) is 4.67. The van der Waals surface area contributed by atoms with E-state index in [0.717, 1.165) is 11.4 Å². The Balaban J connectivity index is 1.93. The maximum absolute atomic E-state index is 11.9. The van der Waals surface area contributed by atoms with Crippen LogP contribution in [0, 0.1) is 0 Å². The van der Waals surface area contributed by atoms with Crippen LogP contribution in [0.2, 0.25) is 0 Å². The van der Waals surface area contributed by atoms with Crippen molar-refractivity contribution in [2.45, 2.75) is 13.3 Å². The normalized spacial score (nSPS) is 9.95. The number of hydrogen-bond acceptors (Lipinski definition) is 2. The molecule has 0 bridgehead atoms. The van der Waals surface area contributed by atoms with Gasteiger partial charge < -0.3 is 10.2 Å². The minimum Gasteiger partial charge on any atom is -0.326 e. The Morgan fingerprint density at radius 2 is 1.52 bits per heavy atom. The van der Waals surface area contributed by atoms with Crippen LogP contribution >= 0.6 is 0 Å². The van der Waals surface area contributed by atoms with Crippen LogP contribution in [0.4, 0.5) is 11.4 Å². The monoisotopic (exact) mass is 282 g/mol. The number of anilines is 2. The van der Waals surface area contributed by atoms with Gasteiger partial charge in [-0.25, -0.2) is 0 Å². The van der Waals surface area contributed by atoms with Crippen molar-refractivity contribution < 1.29 is 9.59 Å². The molecule has 21 heavy (non-hydrogen) atoms. The molecular formula is C17H18N2O2. The number of nitrogens with one attached hydrogen (secondary N) is 1. The Labute approximate surface area is 124 Å². The molecule has 4 nitrogen and oxygen atoms in total. The molecule has 2 amide bonds. The average molecular weight is 282 g/mol. The highest BCUT2D eigenvalue weighted by molar-refractivity contribution is 5.94. The molecular weight excluding hydrogens is 264 g/mol. The van der Waals surface area contributed by atoms with Crippen LogP contribution in [0.15, 0.2) is 60.7 Å². The van der Waals surface area contributed by atoms with Gasteiger partial charge in [0.15, 0.2) is 0 Å². The summed E-state index contributed by atoms with van der Waals surface area (Å²) >= 11 is 0. The lowest BCUT2D eigenvalue weighted by molar-refractivity contribution is -0.117. The molecule has 2 rings (SSSR count). The third kappa shape index (κ3) is 4.45. The summed E-state index contributed by atoms with van der Waals surface area (Å²) < 4.78 is 0. The number of hydrogen-bond donors (Lipinski definition) is 1. The Bertz CT molecular complexity index is 597. The van der Waals surface area contributed by atoms with Crippen LogP contribution in [0.25, 0.3) is 0 Å². The van der Waals surface area contributed by atoms with Crippen molar-refractivity contribution in [1.82, 2.24) is 0 Å². The van der Waals surface area contributed by atoms with Crippen LogP contribution in [-0.4, -0.2) is 18.4 Å². The van der Waals surface area contributed by atoms with Gasteiger partial charge in [0.2, 0.25) is 11.8 Å². The standard InChI is InChI=1S/C17H18N2O2/c1-14(20)19(16-10-6-3-7-11-16)13-12-17(21)18-15-8-4-2-5-9-15/h2-11H,12-13H2,1H3,(H,18,21). The summed E-state index contributed by atoms with van der Waals surface area (Å²) in [5.74, 6) is -0.183. The van der Waals surface area contributed by atoms with Gasteiger partial charge >= 0.3 is 0 Å². The van der Waals surface area contributed by atoms with Gasteiger partial charge in [0.25, 0.3) is 0 Å². The molecule has 0 aliphatic carbocycles. The number of carbonyl (C=O) groups is 2. The molecule has 108 valence electrons. The van der Waals surface area contributed by atoms with Crippen LogP contribution < -0.4 is 10.2 Å². The zero-order valence-corrected chi connectivity index (χ0v) is 12.0. The van der Waals surface area contributed by atoms with E-state index in [1.165, 1.54) is 6.92 Å². The molecule has 0 aliphatic heterocycles. The van der Waals surface area contributed by atoms with Gasteiger partial charge in [0.05, 0.1) is 0 Å². The van der Waals surface area contributed by atoms with Gasteiger partial charge in [0, 0.05) is 31.3 Å². The number of para-hydroxylation sites is 2. The molecule has 0 atom stereocenters. The van der Waals surface area contributed by atoms with E-state index >= 15 is 0 Å². The van der Waals surface area contributed by atoms with Crippen molar-refractivity contribution in [1.29, 1.82) is 0 Å². The van der Waals surface area contributed by atoms with Crippen LogP contribution in [0.1, 0.15) is 13.3 Å². The number of rotatable bonds is 5. The predicted molar refractivity (Wildman–Crippen MR) is 84.2 cm³/mol. The van der Waals surface area contributed by atoms with Gasteiger partial charge in [0.1, 0.15) is 0 Å². The summed E-state index contributed by atoms with van der Waals surface area (Å²) in [6.07, 6.45) is 0.253. The van der Waals surface area contributed by atoms with E-state index in [-0.39, 0.29) is 18.2 Å². The number of amides is 2. The molecule has 2 aromatic carbocycles. The van der Waals surface area contributed by atoms with Crippen molar-refractivity contribution in [3.05, 3.63) is 60.7 Å². The predicted octanol–water partition coefficient (Wildman–Crippen LogP) is 3.07. The molecule has 4 heteroatoms. The lowest BCUT2D eigenvalue weighted by atomic mass is 10.2. The van der Waals surface area contributed by atoms with Crippen LogP contribution in [0.3, 0.4) is 0 Å². The highest BCUT2D eigenvalue weighted by Gasteiger charge is 2.13. The summed E-state index contributed by atoms with van der Waals surface area (Å²) in [6.45, 7) is 1.86. The van der Waals surface area contributed by atoms with E-state index in [1.54, 1.807) is 4.90 Å². The Kier molecular flexibility index (Phi) is 5.10. The van der Waals surface area contributed by atoms with Crippen molar-refractivity contribution in [3.8, 4) is 0 Å². The lowest BCUT2D eigenvalue weighted by Gasteiger charge is -2.20. The molecule has 0 aromatic heterocycles. The minimum atomic E-state index is -0.108. The van der Waals surface area contributed by atoms with Crippen molar-refractivity contribution in [2.24, 2.45) is 0 Å². The highest BCUT2D eigenvalue weighted by Crippen LogP contribution is 2.14. The smallest absolute Gasteiger partial charge is 0.226 e. The maximum atomic E-state index is 11.9. The second kappa shape index (κ2) is 7.24. The zero-order chi connectivity index (χ0) is 15.1. The average Bonchev–Trinajstić information content (AvgIpc) is 2.49. The molecule has 0 fully saturated rings. The van der Waals surface area contributed by atoms with Crippen molar-refractivity contribution >= 4 is 23.2 Å². The molecule has 0 unspecified atom stereocenters. The first-order valence-corrected chi connectivity index (χ1v) is 6.85. The Hall–Kier alpha value is -2.62. The third-order valence-corrected chi connectivity index (χ3v) is 3.07. The van der Waals surface area contributed by atoms with Gasteiger partial charge in [-0.3, -0.25) is 9.59 Å². The molecule has 0 aliphatic rings. The topological polar surface area (TPSA) is 49.4 Å². The van der Waals surface area contributed by atoms with E-state index in [1.807, 2.05) is 60.7 Å². The molecule has 0 saturated carbocycles. The quantitative estimate of drug-likeness (QED) is 0.916. The maximum Gasteiger partial charge on any atom is 0.226 e.